The van der Waals surface area contributed by atoms with E-state index in [0.29, 0.717) is 82.2 Å². The van der Waals surface area contributed by atoms with E-state index in [1.54, 1.807) is 29.2 Å². The first-order valence-corrected chi connectivity index (χ1v) is 19.2. The normalized spacial score (nSPS) is 23.9. The molecule has 2 atom stereocenters. The zero-order chi connectivity index (χ0) is 35.6. The molecule has 0 bridgehead atoms. The van der Waals surface area contributed by atoms with Crippen LogP contribution in [0.2, 0.25) is 5.02 Å². The summed E-state index contributed by atoms with van der Waals surface area (Å²) >= 11 is 6.51. The van der Waals surface area contributed by atoms with Crippen LogP contribution >= 0.6 is 11.6 Å². The van der Waals surface area contributed by atoms with Crippen LogP contribution in [0.3, 0.4) is 0 Å². The number of hydrogen-bond acceptors (Lipinski definition) is 8. The Morgan fingerprint density at radius 3 is 2.58 bits per heavy atom. The lowest BCUT2D eigenvalue weighted by Gasteiger charge is -2.30. The van der Waals surface area contributed by atoms with Crippen LogP contribution in [0.5, 0.6) is 0 Å². The lowest BCUT2D eigenvalue weighted by molar-refractivity contribution is -0.144. The van der Waals surface area contributed by atoms with E-state index in [2.05, 4.69) is 10.2 Å². The molecule has 0 spiro atoms. The largest absolute Gasteiger partial charge is 0.481 e. The van der Waals surface area contributed by atoms with Crippen LogP contribution < -0.4 is 5.32 Å². The molecule has 0 unspecified atom stereocenters. The van der Waals surface area contributed by atoms with E-state index in [-0.39, 0.29) is 64.9 Å². The maximum Gasteiger partial charge on any atom is 0.306 e. The lowest BCUT2D eigenvalue weighted by atomic mass is 9.87. The summed E-state index contributed by atoms with van der Waals surface area (Å²) in [5, 5.41) is 12.7. The van der Waals surface area contributed by atoms with Crippen LogP contribution in [0.1, 0.15) is 54.4 Å². The standard InChI is InChI=1S/C35H42ClFN4O8S/c1-50(46,47)40-12-4-11-39(13-14-40)24-17-25(20-48-26-9-7-22(8-10-26)35(44)45)41(19-24)33(42)16-23-15-29(36)31(18-30(23)37)38-34(43)28-21-49-32-6-3-2-5-27(28)32/h2-3,5-6,15,18,21-22,24-26H,4,7-14,16-17,19-20H2,1H3,(H,38,43)(H,44,45)/t22?,24-,25-,26?/m0/s1. The summed E-state index contributed by atoms with van der Waals surface area (Å²) in [5.41, 5.74) is 0.955. The summed E-state index contributed by atoms with van der Waals surface area (Å²) in [4.78, 5) is 42.2. The Morgan fingerprint density at radius 2 is 1.84 bits per heavy atom. The molecule has 1 aromatic heterocycles. The second kappa shape index (κ2) is 15.4. The highest BCUT2D eigenvalue weighted by Gasteiger charge is 2.40. The molecule has 2 amide bonds. The maximum atomic E-state index is 15.5. The molecule has 2 aliphatic heterocycles. The molecule has 6 rings (SSSR count). The molecule has 3 heterocycles. The van der Waals surface area contributed by atoms with E-state index in [0.717, 1.165) is 6.07 Å². The number of carboxylic acid groups (broad SMARTS) is 1. The third-order valence-electron chi connectivity index (χ3n) is 10.2. The number of anilines is 1. The molecule has 1 saturated carbocycles. The van der Waals surface area contributed by atoms with E-state index in [1.807, 2.05) is 0 Å². The number of hydrogen-bond donors (Lipinski definition) is 2. The highest BCUT2D eigenvalue weighted by molar-refractivity contribution is 7.88. The number of likely N-dealkylation sites (tertiary alicyclic amines) is 1. The molecule has 0 radical (unpaired) electrons. The Hall–Kier alpha value is -3.56. The summed E-state index contributed by atoms with van der Waals surface area (Å²) in [5.74, 6) is -2.68. The van der Waals surface area contributed by atoms with Gasteiger partial charge in [-0.25, -0.2) is 17.1 Å². The van der Waals surface area contributed by atoms with Gasteiger partial charge in [-0.2, -0.15) is 0 Å². The van der Waals surface area contributed by atoms with Crippen molar-refractivity contribution in [3.05, 3.63) is 64.6 Å². The van der Waals surface area contributed by atoms with Crippen LogP contribution in [0.4, 0.5) is 10.1 Å². The molecule has 3 aliphatic rings. The third-order valence-corrected chi connectivity index (χ3v) is 11.8. The van der Waals surface area contributed by atoms with Crippen LogP contribution in [0.25, 0.3) is 11.0 Å². The van der Waals surface area contributed by atoms with Crippen molar-refractivity contribution in [2.24, 2.45) is 5.92 Å². The highest BCUT2D eigenvalue weighted by atomic mass is 35.5. The lowest BCUT2D eigenvalue weighted by Crippen LogP contribution is -2.42. The van der Waals surface area contributed by atoms with Crippen molar-refractivity contribution in [1.82, 2.24) is 14.1 Å². The molecule has 3 fully saturated rings. The van der Waals surface area contributed by atoms with Gasteiger partial charge in [0.05, 0.1) is 53.6 Å². The SMILES string of the molecule is CS(=O)(=O)N1CCCN([C@H]2C[C@@H](COC3CCC(C(=O)O)CC3)N(C(=O)Cc3cc(Cl)c(NC(=O)c4coc5ccccc45)cc3F)C2)CC1. The number of rotatable bonds is 10. The first-order valence-electron chi connectivity index (χ1n) is 17.0. The average Bonchev–Trinajstić information content (AvgIpc) is 3.62. The first-order chi connectivity index (χ1) is 23.9. The number of carbonyl (C=O) groups excluding carboxylic acids is 2. The fourth-order valence-corrected chi connectivity index (χ4v) is 8.49. The van der Waals surface area contributed by atoms with Crippen molar-refractivity contribution < 1.29 is 41.5 Å². The van der Waals surface area contributed by atoms with Crippen molar-refractivity contribution in [2.75, 3.05) is 50.9 Å². The van der Waals surface area contributed by atoms with E-state index < -0.39 is 27.7 Å². The molecular formula is C35H42ClFN4O8S. The summed E-state index contributed by atoms with van der Waals surface area (Å²) in [6.07, 6.45) is 5.75. The van der Waals surface area contributed by atoms with Gasteiger partial charge in [0.1, 0.15) is 17.7 Å². The van der Waals surface area contributed by atoms with E-state index in [4.69, 9.17) is 20.8 Å². The number of benzene rings is 2. The monoisotopic (exact) mass is 732 g/mol. The van der Waals surface area contributed by atoms with Crippen LogP contribution in [0, 0.1) is 11.7 Å². The van der Waals surface area contributed by atoms with Crippen molar-refractivity contribution >= 4 is 56.1 Å². The number of sulfonamides is 1. The number of nitrogens with zero attached hydrogens (tertiary/aromatic N) is 3. The summed E-state index contributed by atoms with van der Waals surface area (Å²) in [6.45, 7) is 2.63. The Morgan fingerprint density at radius 1 is 1.08 bits per heavy atom. The number of ether oxygens (including phenoxy) is 1. The second-order valence-electron chi connectivity index (χ2n) is 13.5. The fraction of sp³-hybridized carbons (Fsp3) is 0.514. The molecule has 12 nitrogen and oxygen atoms in total. The summed E-state index contributed by atoms with van der Waals surface area (Å²) in [7, 11) is -3.32. The number of furan rings is 1. The predicted molar refractivity (Wildman–Crippen MR) is 185 cm³/mol. The topological polar surface area (TPSA) is 150 Å². The molecule has 2 saturated heterocycles. The number of amides is 2. The van der Waals surface area contributed by atoms with Crippen LogP contribution in [-0.4, -0.2) is 109 Å². The molecule has 3 aromatic rings. The molecule has 2 aromatic carbocycles. The van der Waals surface area contributed by atoms with Crippen molar-refractivity contribution in [2.45, 2.75) is 63.1 Å². The van der Waals surface area contributed by atoms with Gasteiger partial charge in [-0.3, -0.25) is 19.3 Å². The number of nitrogens with one attached hydrogen (secondary N) is 1. The number of fused-ring (bicyclic) bond motifs is 1. The van der Waals surface area contributed by atoms with Crippen molar-refractivity contribution in [3.63, 3.8) is 0 Å². The number of para-hydroxylation sites is 1. The van der Waals surface area contributed by atoms with Gasteiger partial charge in [0.25, 0.3) is 5.91 Å². The Balaban J connectivity index is 1.14. The van der Waals surface area contributed by atoms with Gasteiger partial charge in [-0.05, 0) is 68.8 Å². The molecule has 270 valence electrons. The van der Waals surface area contributed by atoms with E-state index in [9.17, 15) is 27.9 Å². The van der Waals surface area contributed by atoms with Gasteiger partial charge in [0, 0.05) is 37.6 Å². The Labute approximate surface area is 295 Å². The number of carboxylic acids is 1. The number of carbonyl (C=O) groups is 3. The second-order valence-corrected chi connectivity index (χ2v) is 15.9. The quantitative estimate of drug-likeness (QED) is 0.305. The zero-order valence-electron chi connectivity index (χ0n) is 27.9. The van der Waals surface area contributed by atoms with Gasteiger partial charge in [-0.1, -0.05) is 29.8 Å². The predicted octanol–water partition coefficient (Wildman–Crippen LogP) is 4.62. The maximum absolute atomic E-state index is 15.5. The molecular weight excluding hydrogens is 691 g/mol. The molecule has 15 heteroatoms. The van der Waals surface area contributed by atoms with Gasteiger partial charge in [-0.15, -0.1) is 0 Å². The molecule has 2 N–H and O–H groups in total. The van der Waals surface area contributed by atoms with E-state index in [1.165, 1.54) is 22.9 Å². The van der Waals surface area contributed by atoms with Crippen LogP contribution in [0.15, 0.2) is 47.1 Å². The van der Waals surface area contributed by atoms with Gasteiger partial charge < -0.3 is 24.5 Å². The zero-order valence-corrected chi connectivity index (χ0v) is 29.4. The number of halogens is 2. The van der Waals surface area contributed by atoms with Crippen molar-refractivity contribution in [1.29, 1.82) is 0 Å². The summed E-state index contributed by atoms with van der Waals surface area (Å²) < 4.78 is 53.1. The smallest absolute Gasteiger partial charge is 0.306 e. The van der Waals surface area contributed by atoms with Gasteiger partial charge >= 0.3 is 5.97 Å². The average molecular weight is 733 g/mol. The highest BCUT2D eigenvalue weighted by Crippen LogP contribution is 2.32. The van der Waals surface area contributed by atoms with E-state index >= 15 is 4.39 Å². The molecule has 1 aliphatic carbocycles. The minimum Gasteiger partial charge on any atom is -0.481 e. The van der Waals surface area contributed by atoms with Gasteiger partial charge in [0.15, 0.2) is 0 Å². The minimum absolute atomic E-state index is 0.0418. The Kier molecular flexibility index (Phi) is 11.1. The van der Waals surface area contributed by atoms with Crippen LogP contribution in [-0.2, 0) is 30.8 Å². The fourth-order valence-electron chi connectivity index (χ4n) is 7.38. The Bertz CT molecular complexity index is 1850. The molecule has 50 heavy (non-hydrogen) atoms. The number of aliphatic carboxylic acids is 1. The van der Waals surface area contributed by atoms with Crippen molar-refractivity contribution in [3.8, 4) is 0 Å². The third kappa shape index (κ3) is 8.31. The first kappa shape index (κ1) is 36.2. The summed E-state index contributed by atoms with van der Waals surface area (Å²) in [6, 6.07) is 9.15. The van der Waals surface area contributed by atoms with Gasteiger partial charge in [0.2, 0.25) is 15.9 Å². The minimum atomic E-state index is -3.32.